The van der Waals surface area contributed by atoms with Gasteiger partial charge in [0.25, 0.3) is 6.43 Å². The highest BCUT2D eigenvalue weighted by Gasteiger charge is 2.24. The van der Waals surface area contributed by atoms with E-state index in [1.54, 1.807) is 6.92 Å². The molecule has 1 rings (SSSR count). The molecule has 16 heavy (non-hydrogen) atoms. The van der Waals surface area contributed by atoms with E-state index in [2.05, 4.69) is 9.72 Å². The van der Waals surface area contributed by atoms with Gasteiger partial charge in [0.1, 0.15) is 5.69 Å². The average Bonchev–Trinajstić information content (AvgIpc) is 2.26. The fourth-order valence-corrected chi connectivity index (χ4v) is 1.58. The fraction of sp³-hybridized carbons (Fsp3) is 0.400. The minimum Gasteiger partial charge on any atom is -0.465 e. The Kier molecular flexibility index (Phi) is 4.18. The molecule has 1 aromatic rings. The molecule has 0 N–H and O–H groups in total. The van der Waals surface area contributed by atoms with E-state index in [0.717, 1.165) is 7.11 Å². The van der Waals surface area contributed by atoms with Crippen LogP contribution in [-0.2, 0) is 10.6 Å². The largest absolute Gasteiger partial charge is 0.465 e. The van der Waals surface area contributed by atoms with Crippen LogP contribution in [0.5, 0.6) is 0 Å². The highest BCUT2D eigenvalue weighted by Crippen LogP contribution is 2.26. The summed E-state index contributed by atoms with van der Waals surface area (Å²) in [5.41, 5.74) is -0.129. The Bertz CT molecular complexity index is 410. The van der Waals surface area contributed by atoms with Crippen LogP contribution in [-0.4, -0.2) is 18.1 Å². The molecule has 1 aromatic heterocycles. The third-order valence-corrected chi connectivity index (χ3v) is 2.29. The molecule has 0 fully saturated rings. The summed E-state index contributed by atoms with van der Waals surface area (Å²) in [7, 11) is 1.12. The van der Waals surface area contributed by atoms with Gasteiger partial charge in [-0.15, -0.1) is 11.6 Å². The summed E-state index contributed by atoms with van der Waals surface area (Å²) < 4.78 is 29.9. The fourth-order valence-electron chi connectivity index (χ4n) is 1.37. The molecule has 0 saturated carbocycles. The molecule has 0 bridgehead atoms. The molecule has 0 spiro atoms. The second kappa shape index (κ2) is 5.21. The molecule has 0 aliphatic carbocycles. The van der Waals surface area contributed by atoms with E-state index >= 15 is 0 Å². The second-order valence-corrected chi connectivity index (χ2v) is 3.38. The van der Waals surface area contributed by atoms with Gasteiger partial charge >= 0.3 is 5.97 Å². The quantitative estimate of drug-likeness (QED) is 0.611. The smallest absolute Gasteiger partial charge is 0.340 e. The number of rotatable bonds is 3. The molecule has 0 radical (unpaired) electrons. The summed E-state index contributed by atoms with van der Waals surface area (Å²) in [5, 5.41) is 0. The molecule has 0 atom stereocenters. The lowest BCUT2D eigenvalue weighted by atomic mass is 10.1. The molecule has 1 heterocycles. The maximum absolute atomic E-state index is 12.7. The minimum atomic E-state index is -2.84. The van der Waals surface area contributed by atoms with Gasteiger partial charge in [-0.1, -0.05) is 0 Å². The van der Waals surface area contributed by atoms with E-state index in [-0.39, 0.29) is 11.4 Å². The molecule has 0 saturated heterocycles. The van der Waals surface area contributed by atoms with Crippen LogP contribution in [0.4, 0.5) is 8.78 Å². The van der Waals surface area contributed by atoms with Gasteiger partial charge in [0.15, 0.2) is 0 Å². The van der Waals surface area contributed by atoms with E-state index < -0.39 is 18.1 Å². The van der Waals surface area contributed by atoms with Crippen molar-refractivity contribution in [3.8, 4) is 0 Å². The van der Waals surface area contributed by atoms with Gasteiger partial charge in [0.05, 0.1) is 12.7 Å². The lowest BCUT2D eigenvalue weighted by Crippen LogP contribution is -2.12. The Morgan fingerprint density at radius 2 is 2.25 bits per heavy atom. The predicted octanol–water partition coefficient (Wildman–Crippen LogP) is 2.85. The summed E-state index contributed by atoms with van der Waals surface area (Å²) >= 11 is 5.60. The van der Waals surface area contributed by atoms with Crippen LogP contribution in [0.3, 0.4) is 0 Å². The molecule has 0 aliphatic heterocycles. The Balaban J connectivity index is 3.45. The molecule has 0 amide bonds. The standard InChI is InChI=1S/C10H10ClF2NO2/c1-5-3-6(4-11)7(10(15)16-2)8(14-5)9(12)13/h3,9H,4H2,1-2H3. The minimum absolute atomic E-state index is 0.0481. The summed E-state index contributed by atoms with van der Waals surface area (Å²) in [4.78, 5) is 15.0. The first-order valence-electron chi connectivity index (χ1n) is 4.44. The topological polar surface area (TPSA) is 39.2 Å². The van der Waals surface area contributed by atoms with Crippen molar-refractivity contribution >= 4 is 17.6 Å². The maximum atomic E-state index is 12.7. The van der Waals surface area contributed by atoms with Crippen molar-refractivity contribution in [2.45, 2.75) is 19.2 Å². The van der Waals surface area contributed by atoms with Crippen molar-refractivity contribution in [1.29, 1.82) is 0 Å². The van der Waals surface area contributed by atoms with Gasteiger partial charge < -0.3 is 4.74 Å². The van der Waals surface area contributed by atoms with Crippen LogP contribution in [0.2, 0.25) is 0 Å². The number of carbonyl (C=O) groups is 1. The first kappa shape index (κ1) is 12.8. The third-order valence-electron chi connectivity index (χ3n) is 2.00. The number of aromatic nitrogens is 1. The van der Waals surface area contributed by atoms with Crippen LogP contribution < -0.4 is 0 Å². The Labute approximate surface area is 96.4 Å². The number of hydrogen-bond acceptors (Lipinski definition) is 3. The highest BCUT2D eigenvalue weighted by molar-refractivity contribution is 6.17. The lowest BCUT2D eigenvalue weighted by molar-refractivity contribution is 0.0586. The Hall–Kier alpha value is -1.23. The molecular weight excluding hydrogens is 240 g/mol. The first-order chi connectivity index (χ1) is 7.51. The van der Waals surface area contributed by atoms with Crippen molar-refractivity contribution in [3.63, 3.8) is 0 Å². The lowest BCUT2D eigenvalue weighted by Gasteiger charge is -2.11. The van der Waals surface area contributed by atoms with E-state index in [4.69, 9.17) is 11.6 Å². The Morgan fingerprint density at radius 3 is 2.69 bits per heavy atom. The number of pyridine rings is 1. The van der Waals surface area contributed by atoms with Crippen LogP contribution >= 0.6 is 11.6 Å². The van der Waals surface area contributed by atoms with Crippen molar-refractivity contribution in [2.24, 2.45) is 0 Å². The molecular formula is C10H10ClF2NO2. The number of methoxy groups -OCH3 is 1. The van der Waals surface area contributed by atoms with Gasteiger partial charge in [0.2, 0.25) is 0 Å². The van der Waals surface area contributed by atoms with E-state index in [1.807, 2.05) is 0 Å². The number of alkyl halides is 3. The number of esters is 1. The van der Waals surface area contributed by atoms with Crippen molar-refractivity contribution in [2.75, 3.05) is 7.11 Å². The average molecular weight is 250 g/mol. The zero-order valence-corrected chi connectivity index (χ0v) is 9.52. The molecule has 0 aliphatic rings. The first-order valence-corrected chi connectivity index (χ1v) is 4.97. The zero-order valence-electron chi connectivity index (χ0n) is 8.76. The summed E-state index contributed by atoms with van der Waals surface area (Å²) in [6.45, 7) is 1.56. The summed E-state index contributed by atoms with van der Waals surface area (Å²) in [5.74, 6) is -0.897. The summed E-state index contributed by atoms with van der Waals surface area (Å²) in [6.07, 6.45) is -2.84. The number of halogens is 3. The number of hydrogen-bond donors (Lipinski definition) is 0. The monoisotopic (exact) mass is 249 g/mol. The van der Waals surface area contributed by atoms with Gasteiger partial charge in [-0.2, -0.15) is 0 Å². The van der Waals surface area contributed by atoms with E-state index in [0.29, 0.717) is 11.3 Å². The van der Waals surface area contributed by atoms with Crippen molar-refractivity contribution in [1.82, 2.24) is 4.98 Å². The summed E-state index contributed by atoms with van der Waals surface area (Å²) in [6, 6.07) is 1.49. The zero-order chi connectivity index (χ0) is 12.3. The maximum Gasteiger partial charge on any atom is 0.340 e. The molecule has 3 nitrogen and oxygen atoms in total. The van der Waals surface area contributed by atoms with Crippen molar-refractivity contribution < 1.29 is 18.3 Å². The normalized spacial score (nSPS) is 10.6. The Morgan fingerprint density at radius 1 is 1.62 bits per heavy atom. The molecule has 0 aromatic carbocycles. The van der Waals surface area contributed by atoms with Crippen LogP contribution in [0.15, 0.2) is 6.07 Å². The molecule has 88 valence electrons. The molecule has 0 unspecified atom stereocenters. The number of carbonyl (C=O) groups excluding carboxylic acids is 1. The number of nitrogens with zero attached hydrogens (tertiary/aromatic N) is 1. The van der Waals surface area contributed by atoms with E-state index in [1.165, 1.54) is 6.07 Å². The third kappa shape index (κ3) is 2.47. The van der Waals surface area contributed by atoms with Gasteiger partial charge in [-0.05, 0) is 18.6 Å². The van der Waals surface area contributed by atoms with Crippen molar-refractivity contribution in [3.05, 3.63) is 28.6 Å². The van der Waals surface area contributed by atoms with Crippen LogP contribution in [0.1, 0.15) is 33.7 Å². The van der Waals surface area contributed by atoms with Crippen LogP contribution in [0.25, 0.3) is 0 Å². The molecule has 6 heteroatoms. The SMILES string of the molecule is COC(=O)c1c(CCl)cc(C)nc1C(F)F. The number of aryl methyl sites for hydroxylation is 1. The van der Waals surface area contributed by atoms with Gasteiger partial charge in [-0.25, -0.2) is 13.6 Å². The van der Waals surface area contributed by atoms with Crippen LogP contribution in [0, 0.1) is 6.92 Å². The van der Waals surface area contributed by atoms with E-state index in [9.17, 15) is 13.6 Å². The number of ether oxygens (including phenoxy) is 1. The van der Waals surface area contributed by atoms with Gasteiger partial charge in [-0.3, -0.25) is 4.98 Å². The predicted molar refractivity (Wildman–Crippen MR) is 54.8 cm³/mol. The highest BCUT2D eigenvalue weighted by atomic mass is 35.5. The van der Waals surface area contributed by atoms with Gasteiger partial charge in [0, 0.05) is 11.6 Å². The second-order valence-electron chi connectivity index (χ2n) is 3.11.